The molecule has 0 heterocycles. The first kappa shape index (κ1) is 88.3. The van der Waals surface area contributed by atoms with Gasteiger partial charge in [-0.1, -0.05) is 27.7 Å². The normalized spacial score (nSPS) is 9.38. The molecule has 0 N–H and O–H groups in total. The Balaban J connectivity index is -0.0000000382. The van der Waals surface area contributed by atoms with Crippen molar-refractivity contribution in [2.45, 2.75) is 27.7 Å². The van der Waals surface area contributed by atoms with Gasteiger partial charge in [0.25, 0.3) is 0 Å². The maximum atomic E-state index is 4.17. The second-order valence-electron chi connectivity index (χ2n) is 12.6. The molecule has 0 atom stereocenters. The van der Waals surface area contributed by atoms with Crippen LogP contribution in [-0.4, -0.2) is 272 Å². The summed E-state index contributed by atoms with van der Waals surface area (Å²) in [6.45, 7) is 18.5. The van der Waals surface area contributed by atoms with Gasteiger partial charge >= 0.3 is 78.6 Å². The van der Waals surface area contributed by atoms with Gasteiger partial charge in [-0.2, -0.15) is 62.4 Å². The summed E-state index contributed by atoms with van der Waals surface area (Å²) in [7, 11) is 45.0. The van der Waals surface area contributed by atoms with Gasteiger partial charge in [0.15, 0.2) is 0 Å². The maximum Gasteiger partial charge on any atom is 3.00 e. The zero-order valence-electron chi connectivity index (χ0n) is 42.3. The number of hydrogen-bond acceptors (Lipinski definition) is 9. The Hall–Kier alpha value is 2.05. The molecule has 18 heteroatoms. The second kappa shape index (κ2) is 83.7. The number of hydrazine groups is 3. The zero-order valence-corrected chi connectivity index (χ0v) is 49.7. The number of rotatable bonds is 16. The summed E-state index contributed by atoms with van der Waals surface area (Å²) < 4.78 is 0. The van der Waals surface area contributed by atoms with Gasteiger partial charge in [-0.3, -0.25) is 0 Å². The maximum absolute atomic E-state index is 4.17. The van der Waals surface area contributed by atoms with Crippen molar-refractivity contribution in [3.05, 3.63) is 31.9 Å². The van der Waals surface area contributed by atoms with E-state index in [0.717, 1.165) is 65.4 Å². The third kappa shape index (κ3) is 159. The predicted molar refractivity (Wildman–Crippen MR) is 244 cm³/mol. The average Bonchev–Trinajstić information content (AvgIpc) is 3.07. The molecule has 0 spiro atoms. The van der Waals surface area contributed by atoms with E-state index in [1.54, 1.807) is 35.2 Å². The van der Waals surface area contributed by atoms with Crippen molar-refractivity contribution in [1.29, 1.82) is 0 Å². The summed E-state index contributed by atoms with van der Waals surface area (Å²) in [6.07, 6.45) is 0. The molecule has 55 heavy (non-hydrogen) atoms. The van der Waals surface area contributed by atoms with Gasteiger partial charge in [0.2, 0.25) is 0 Å². The fraction of sp³-hybridized carbons (Fsp3) is 1.00. The molecule has 333 valence electrons. The van der Waals surface area contributed by atoms with Crippen LogP contribution >= 0.6 is 0 Å². The summed E-state index contributed by atoms with van der Waals surface area (Å²) in [4.78, 5) is 6.37. The molecular weight excluding hydrogens is 928 g/mol. The van der Waals surface area contributed by atoms with E-state index in [1.807, 2.05) is 126 Å². The average molecular weight is 1030 g/mol. The third-order valence-electron chi connectivity index (χ3n) is 5.88. The molecule has 0 aliphatic carbocycles. The van der Waals surface area contributed by atoms with E-state index in [-0.39, 0.29) is 78.6 Å². The van der Waals surface area contributed by atoms with E-state index >= 15 is 0 Å². The van der Waals surface area contributed by atoms with Crippen LogP contribution in [0.1, 0.15) is 27.7 Å². The zero-order chi connectivity index (χ0) is 43.5. The first-order chi connectivity index (χ1) is 24.1. The van der Waals surface area contributed by atoms with Crippen LogP contribution in [0, 0.1) is 0 Å². The van der Waals surface area contributed by atoms with Crippen molar-refractivity contribution >= 4 is 0 Å². The van der Waals surface area contributed by atoms with Crippen molar-refractivity contribution in [2.75, 3.05) is 228 Å². The van der Waals surface area contributed by atoms with Crippen LogP contribution in [0.15, 0.2) is 0 Å². The van der Waals surface area contributed by atoms with Crippen LogP contribution in [0.2, 0.25) is 0 Å². The van der Waals surface area contributed by atoms with Crippen molar-refractivity contribution < 1.29 is 78.6 Å². The molecule has 0 rings (SSSR count). The smallest absolute Gasteiger partial charge is 0.668 e. The van der Waals surface area contributed by atoms with Crippen molar-refractivity contribution in [3.63, 3.8) is 0 Å². The molecule has 3 radical (unpaired) electrons. The Labute approximate surface area is 407 Å². The molecule has 0 bridgehead atoms. The fourth-order valence-corrected chi connectivity index (χ4v) is 1.51. The molecule has 0 saturated heterocycles. The van der Waals surface area contributed by atoms with Gasteiger partial charge in [0.1, 0.15) is 0 Å². The SMILES string of the molecule is CCN(C)N(C)CC.CC[N-]C.CC[N-]CCN(C)C.CN(C)N(C)C.CN(C)N(C)C.C[N-]C.C[N-]C.C[N-]CCN(C)C.C[N-]CCN(C)C.[Zr+3].[Zr+3].[Zr+3]. The first-order valence-corrected chi connectivity index (χ1v) is 18.4. The Kier molecular flexibility index (Phi) is 134. The summed E-state index contributed by atoms with van der Waals surface area (Å²) in [5, 5.41) is 35.1. The van der Waals surface area contributed by atoms with Crippen molar-refractivity contribution in [3.8, 4) is 0 Å². The first-order valence-electron chi connectivity index (χ1n) is 18.4. The molecule has 0 aliphatic rings. The molecule has 15 nitrogen and oxygen atoms in total. The van der Waals surface area contributed by atoms with Crippen molar-refractivity contribution in [1.82, 2.24) is 44.8 Å². The minimum absolute atomic E-state index is 0. The Morgan fingerprint density at radius 3 is 0.618 bits per heavy atom. The molecule has 0 aromatic heterocycles. The third-order valence-corrected chi connectivity index (χ3v) is 5.88. The Morgan fingerprint density at radius 2 is 0.527 bits per heavy atom. The van der Waals surface area contributed by atoms with Gasteiger partial charge < -0.3 is 46.6 Å². The van der Waals surface area contributed by atoms with Gasteiger partial charge in [-0.05, 0) is 61.9 Å². The Bertz CT molecular complexity index is 467. The van der Waals surface area contributed by atoms with E-state index in [2.05, 4.69) is 106 Å². The summed E-state index contributed by atoms with van der Waals surface area (Å²) >= 11 is 0. The van der Waals surface area contributed by atoms with E-state index in [4.69, 9.17) is 0 Å². The molecule has 0 aromatic carbocycles. The number of nitrogens with zero attached hydrogens (tertiary/aromatic N) is 15. The topological polar surface area (TPSA) is 114 Å². The monoisotopic (exact) mass is 1030 g/mol. The van der Waals surface area contributed by atoms with Crippen LogP contribution in [0.5, 0.6) is 0 Å². The summed E-state index contributed by atoms with van der Waals surface area (Å²) in [6, 6.07) is 0. The molecule has 0 fully saturated rings. The molecule has 0 aliphatic heterocycles. The molecular formula is C37H101N15Zr3+3. The largest absolute Gasteiger partial charge is 3.00 e. The molecule has 0 unspecified atom stereocenters. The molecule has 0 amide bonds. The van der Waals surface area contributed by atoms with E-state index in [9.17, 15) is 0 Å². The standard InChI is InChI=1S/C6H16N2.C6H15N2.2C5H13N2.2C4H12N2.C3H8N.2C2H6N.3Zr/c1-5-7(3)8(4)6-2;1-4-7-5-6-8(2)3;2*1-6-4-5-7(2)3;2*1-5(2)6(3)4;1-3-4-2;2*1-3-2;;;/h5-6H2,1-4H3;4-6H2,1-3H3;2*4-5H2,1-3H3;2*1-4H3;3H2,1-2H3;2*1-2H3;;;/q;3*-1;;;3*-1;3*+3. The van der Waals surface area contributed by atoms with Crippen LogP contribution in [0.4, 0.5) is 0 Å². The number of hydrogen-bond donors (Lipinski definition) is 0. The van der Waals surface area contributed by atoms with E-state index in [1.165, 1.54) is 0 Å². The van der Waals surface area contributed by atoms with E-state index in [0.29, 0.717) is 0 Å². The summed E-state index contributed by atoms with van der Waals surface area (Å²) in [5.41, 5.74) is 0. The van der Waals surface area contributed by atoms with Gasteiger partial charge in [0.05, 0.1) is 0 Å². The van der Waals surface area contributed by atoms with Crippen LogP contribution in [0.3, 0.4) is 0 Å². The quantitative estimate of drug-likeness (QED) is 0.153. The van der Waals surface area contributed by atoms with Crippen LogP contribution < -0.4 is 0 Å². The molecule has 0 saturated carbocycles. The Morgan fingerprint density at radius 1 is 0.327 bits per heavy atom. The van der Waals surface area contributed by atoms with Gasteiger partial charge in [-0.25, -0.2) is 30.1 Å². The van der Waals surface area contributed by atoms with Crippen molar-refractivity contribution in [2.24, 2.45) is 0 Å². The van der Waals surface area contributed by atoms with E-state index < -0.39 is 0 Å². The fourth-order valence-electron chi connectivity index (χ4n) is 1.51. The minimum Gasteiger partial charge on any atom is -0.668 e. The van der Waals surface area contributed by atoms with Crippen LogP contribution in [-0.2, 0) is 78.6 Å². The van der Waals surface area contributed by atoms with Gasteiger partial charge in [0, 0.05) is 83.6 Å². The van der Waals surface area contributed by atoms with Crippen LogP contribution in [0.25, 0.3) is 31.9 Å². The van der Waals surface area contributed by atoms with Gasteiger partial charge in [-0.15, -0.1) is 19.6 Å². The number of likely N-dealkylation sites (N-methyl/N-ethyl adjacent to an activating group) is 6. The minimum atomic E-state index is 0. The predicted octanol–water partition coefficient (Wildman–Crippen LogP) is 5.14. The summed E-state index contributed by atoms with van der Waals surface area (Å²) in [5.74, 6) is 0. The second-order valence-corrected chi connectivity index (χ2v) is 12.6. The molecule has 0 aromatic rings.